The molecule has 4 nitrogen and oxygen atoms in total. The molecule has 2 rings (SSSR count). The van der Waals surface area contributed by atoms with Crippen molar-refractivity contribution in [2.45, 2.75) is 11.0 Å². The molecule has 0 aliphatic carbocycles. The van der Waals surface area contributed by atoms with Crippen LogP contribution in [0.1, 0.15) is 17.2 Å². The average molecular weight is 368 g/mol. The van der Waals surface area contributed by atoms with E-state index in [4.69, 9.17) is 39.4 Å². The van der Waals surface area contributed by atoms with E-state index in [9.17, 15) is 13.5 Å². The second-order valence-corrected chi connectivity index (χ2v) is 6.88. The van der Waals surface area contributed by atoms with Crippen LogP contribution in [0.5, 0.6) is 0 Å². The third-order valence-corrected chi connectivity index (χ3v) is 4.71. The standard InChI is InChI=1S/C13H9Cl3O4S/c14-10-6-12(16)11(15)5-9(10)13(17)7-2-1-3-8(4-7)21(18,19)20/h1-6,13,17H,(H,18,19,20). The summed E-state index contributed by atoms with van der Waals surface area (Å²) in [6.07, 6.45) is -1.21. The van der Waals surface area contributed by atoms with Gasteiger partial charge in [-0.25, -0.2) is 0 Å². The molecular formula is C13H9Cl3O4S. The first-order valence-electron chi connectivity index (χ1n) is 5.60. The molecule has 0 amide bonds. The molecule has 0 saturated heterocycles. The predicted molar refractivity (Wildman–Crippen MR) is 81.8 cm³/mol. The Morgan fingerprint density at radius 1 is 0.952 bits per heavy atom. The van der Waals surface area contributed by atoms with Crippen molar-refractivity contribution in [3.8, 4) is 0 Å². The second kappa shape index (κ2) is 6.12. The molecule has 1 unspecified atom stereocenters. The van der Waals surface area contributed by atoms with Gasteiger partial charge in [-0.15, -0.1) is 0 Å². The molecule has 2 N–H and O–H groups in total. The lowest BCUT2D eigenvalue weighted by atomic mass is 10.0. The van der Waals surface area contributed by atoms with Crippen LogP contribution in [0.2, 0.25) is 15.1 Å². The molecule has 0 heterocycles. The van der Waals surface area contributed by atoms with Crippen LogP contribution in [-0.2, 0) is 10.1 Å². The summed E-state index contributed by atoms with van der Waals surface area (Å²) in [7, 11) is -4.36. The van der Waals surface area contributed by atoms with E-state index in [-0.39, 0.29) is 31.1 Å². The van der Waals surface area contributed by atoms with Gasteiger partial charge in [0.25, 0.3) is 10.1 Å². The topological polar surface area (TPSA) is 74.6 Å². The van der Waals surface area contributed by atoms with Gasteiger partial charge in [-0.1, -0.05) is 46.9 Å². The Morgan fingerprint density at radius 3 is 2.19 bits per heavy atom. The maximum Gasteiger partial charge on any atom is 0.294 e. The van der Waals surface area contributed by atoms with Crippen LogP contribution in [0, 0.1) is 0 Å². The molecule has 8 heteroatoms. The van der Waals surface area contributed by atoms with Crippen molar-refractivity contribution < 1.29 is 18.1 Å². The molecule has 2 aromatic rings. The van der Waals surface area contributed by atoms with E-state index < -0.39 is 16.2 Å². The van der Waals surface area contributed by atoms with Crippen molar-refractivity contribution in [1.29, 1.82) is 0 Å². The minimum atomic E-state index is -4.36. The van der Waals surface area contributed by atoms with Gasteiger partial charge in [0.2, 0.25) is 0 Å². The summed E-state index contributed by atoms with van der Waals surface area (Å²) in [5, 5.41) is 11.0. The lowest BCUT2D eigenvalue weighted by molar-refractivity contribution is 0.220. The highest BCUT2D eigenvalue weighted by atomic mass is 35.5. The van der Waals surface area contributed by atoms with Gasteiger partial charge in [-0.3, -0.25) is 4.55 Å². The zero-order valence-electron chi connectivity index (χ0n) is 10.3. The van der Waals surface area contributed by atoms with E-state index in [0.29, 0.717) is 0 Å². The second-order valence-electron chi connectivity index (χ2n) is 4.24. The first-order valence-corrected chi connectivity index (χ1v) is 8.17. The summed E-state index contributed by atoms with van der Waals surface area (Å²) in [6, 6.07) is 8.04. The van der Waals surface area contributed by atoms with Crippen molar-refractivity contribution in [2.75, 3.05) is 0 Å². The minimum absolute atomic E-state index is 0.189. The minimum Gasteiger partial charge on any atom is -0.384 e. The molecule has 1 atom stereocenters. The number of hydrogen-bond acceptors (Lipinski definition) is 3. The Balaban J connectivity index is 2.50. The third kappa shape index (κ3) is 3.69. The molecule has 0 bridgehead atoms. The molecule has 0 aromatic heterocycles. The fourth-order valence-electron chi connectivity index (χ4n) is 1.77. The van der Waals surface area contributed by atoms with Crippen LogP contribution in [0.25, 0.3) is 0 Å². The fourth-order valence-corrected chi connectivity index (χ4v) is 2.97. The van der Waals surface area contributed by atoms with Crippen LogP contribution in [0.15, 0.2) is 41.3 Å². The van der Waals surface area contributed by atoms with Gasteiger partial charge in [0, 0.05) is 10.6 Å². The molecule has 0 spiro atoms. The van der Waals surface area contributed by atoms with Crippen LogP contribution >= 0.6 is 34.8 Å². The van der Waals surface area contributed by atoms with Crippen molar-refractivity contribution in [2.24, 2.45) is 0 Å². The smallest absolute Gasteiger partial charge is 0.294 e. The average Bonchev–Trinajstić information content (AvgIpc) is 2.41. The van der Waals surface area contributed by atoms with Crippen LogP contribution < -0.4 is 0 Å². The number of halogens is 3. The summed E-state index contributed by atoms with van der Waals surface area (Å²) in [6.45, 7) is 0. The number of hydrogen-bond donors (Lipinski definition) is 2. The number of aliphatic hydroxyl groups excluding tert-OH is 1. The van der Waals surface area contributed by atoms with E-state index in [0.717, 1.165) is 6.07 Å². The first kappa shape index (κ1) is 16.5. The number of benzene rings is 2. The lowest BCUT2D eigenvalue weighted by Crippen LogP contribution is -2.04. The quantitative estimate of drug-likeness (QED) is 0.636. The molecule has 2 aromatic carbocycles. The highest BCUT2D eigenvalue weighted by molar-refractivity contribution is 7.85. The Labute approximate surface area is 136 Å². The summed E-state index contributed by atoms with van der Waals surface area (Å²) >= 11 is 17.7. The van der Waals surface area contributed by atoms with Crippen LogP contribution in [-0.4, -0.2) is 18.1 Å². The molecular weight excluding hydrogens is 359 g/mol. The maximum absolute atomic E-state index is 11.1. The Morgan fingerprint density at radius 2 is 1.57 bits per heavy atom. The monoisotopic (exact) mass is 366 g/mol. The van der Waals surface area contributed by atoms with Crippen molar-refractivity contribution in [3.63, 3.8) is 0 Å². The summed E-state index contributed by atoms with van der Waals surface area (Å²) < 4.78 is 31.3. The van der Waals surface area contributed by atoms with Gasteiger partial charge < -0.3 is 5.11 Å². The normalized spacial score (nSPS) is 13.2. The Hall–Kier alpha value is -0.820. The predicted octanol–water partition coefficient (Wildman–Crippen LogP) is 3.98. The maximum atomic E-state index is 11.1. The highest BCUT2D eigenvalue weighted by Gasteiger charge is 2.18. The largest absolute Gasteiger partial charge is 0.384 e. The lowest BCUT2D eigenvalue weighted by Gasteiger charge is -2.15. The summed E-state index contributed by atoms with van der Waals surface area (Å²) in [4.78, 5) is -0.324. The van der Waals surface area contributed by atoms with Crippen LogP contribution in [0.3, 0.4) is 0 Å². The van der Waals surface area contributed by atoms with E-state index in [1.54, 1.807) is 0 Å². The zero-order valence-corrected chi connectivity index (χ0v) is 13.4. The third-order valence-electron chi connectivity index (χ3n) is 2.81. The Bertz CT molecular complexity index is 790. The highest BCUT2D eigenvalue weighted by Crippen LogP contribution is 2.35. The number of aliphatic hydroxyl groups is 1. The Kier molecular flexibility index (Phi) is 4.82. The van der Waals surface area contributed by atoms with Gasteiger partial charge in [-0.05, 0) is 29.8 Å². The fraction of sp³-hybridized carbons (Fsp3) is 0.0769. The first-order chi connectivity index (χ1) is 9.70. The van der Waals surface area contributed by atoms with Crippen molar-refractivity contribution in [3.05, 3.63) is 62.6 Å². The molecule has 0 saturated carbocycles. The molecule has 21 heavy (non-hydrogen) atoms. The molecule has 0 aliphatic heterocycles. The SMILES string of the molecule is O=S(=O)(O)c1cccc(C(O)c2cc(Cl)c(Cl)cc2Cl)c1. The molecule has 0 aliphatic rings. The summed E-state index contributed by atoms with van der Waals surface area (Å²) in [5.74, 6) is 0. The van der Waals surface area contributed by atoms with Crippen LogP contribution in [0.4, 0.5) is 0 Å². The molecule has 112 valence electrons. The molecule has 0 fully saturated rings. The van der Waals surface area contributed by atoms with E-state index in [1.165, 1.54) is 30.3 Å². The van der Waals surface area contributed by atoms with E-state index >= 15 is 0 Å². The van der Waals surface area contributed by atoms with Crippen molar-refractivity contribution in [1.82, 2.24) is 0 Å². The van der Waals surface area contributed by atoms with Gasteiger partial charge in [-0.2, -0.15) is 8.42 Å². The van der Waals surface area contributed by atoms with Crippen molar-refractivity contribution >= 4 is 44.9 Å². The zero-order chi connectivity index (χ0) is 15.8. The number of rotatable bonds is 3. The van der Waals surface area contributed by atoms with E-state index in [1.807, 2.05) is 0 Å². The van der Waals surface area contributed by atoms with Gasteiger partial charge in [0.1, 0.15) is 6.10 Å². The van der Waals surface area contributed by atoms with Gasteiger partial charge in [0.15, 0.2) is 0 Å². The summed E-state index contributed by atoms with van der Waals surface area (Å²) in [5.41, 5.74) is 0.518. The molecule has 0 radical (unpaired) electrons. The van der Waals surface area contributed by atoms with Gasteiger partial charge >= 0.3 is 0 Å². The van der Waals surface area contributed by atoms with E-state index in [2.05, 4.69) is 0 Å². The van der Waals surface area contributed by atoms with Gasteiger partial charge in [0.05, 0.1) is 14.9 Å².